The summed E-state index contributed by atoms with van der Waals surface area (Å²) in [4.78, 5) is 24.2. The number of aryl methyl sites for hydroxylation is 3. The molecule has 4 heterocycles. The number of imidazole rings is 1. The first-order chi connectivity index (χ1) is 18.0. The highest BCUT2D eigenvalue weighted by Gasteiger charge is 2.39. The van der Waals surface area contributed by atoms with E-state index in [1.807, 2.05) is 30.5 Å². The molecule has 38 heavy (non-hydrogen) atoms. The molecule has 0 radical (unpaired) electrons. The number of nitrogens with zero attached hydrogens (tertiary/aromatic N) is 6. The molecule has 0 N–H and O–H groups in total. The first-order valence-corrected chi connectivity index (χ1v) is 12.1. The minimum absolute atomic E-state index is 0.117. The lowest BCUT2D eigenvalue weighted by atomic mass is 9.97. The maximum Gasteiger partial charge on any atom is 0.435 e. The van der Waals surface area contributed by atoms with Crippen molar-refractivity contribution in [3.8, 4) is 16.9 Å². The molecule has 1 atom stereocenters. The summed E-state index contributed by atoms with van der Waals surface area (Å²) in [5, 5.41) is 3.68. The van der Waals surface area contributed by atoms with Crippen LogP contribution in [0.15, 0.2) is 49.1 Å². The standard InChI is InChI=1S/C27H27F3N6O2/c1-16-5-6-32-20(9-16)14-36-12-17(2)38-24-21(23-15-34(4)33-25(23)27(28,29)30)10-19(11-22(24)26(36)37)13-35-8-7-31-18(35)3/h5-11,15,17H,12-14H2,1-4H3. The van der Waals surface area contributed by atoms with E-state index in [2.05, 4.69) is 15.1 Å². The molecule has 4 aromatic rings. The van der Waals surface area contributed by atoms with Crippen molar-refractivity contribution in [3.63, 3.8) is 0 Å². The number of amides is 1. The maximum absolute atomic E-state index is 14.0. The highest BCUT2D eigenvalue weighted by molar-refractivity contribution is 6.00. The van der Waals surface area contributed by atoms with E-state index in [9.17, 15) is 18.0 Å². The second-order valence-corrected chi connectivity index (χ2v) is 9.62. The van der Waals surface area contributed by atoms with Gasteiger partial charge in [0.05, 0.1) is 24.3 Å². The van der Waals surface area contributed by atoms with Gasteiger partial charge in [-0.25, -0.2) is 4.98 Å². The smallest absolute Gasteiger partial charge is 0.435 e. The van der Waals surface area contributed by atoms with Crippen molar-refractivity contribution in [2.24, 2.45) is 7.05 Å². The summed E-state index contributed by atoms with van der Waals surface area (Å²) in [5.41, 5.74) is 1.55. The molecule has 1 amide bonds. The zero-order chi connectivity index (χ0) is 27.2. The lowest BCUT2D eigenvalue weighted by Crippen LogP contribution is -2.35. The summed E-state index contributed by atoms with van der Waals surface area (Å²) in [6.07, 6.45) is 1.26. The molecule has 11 heteroatoms. The Morgan fingerprint density at radius 1 is 1.05 bits per heavy atom. The second kappa shape index (κ2) is 9.62. The van der Waals surface area contributed by atoms with Crippen LogP contribution in [0.1, 0.15) is 45.6 Å². The van der Waals surface area contributed by atoms with Crippen LogP contribution in [0.25, 0.3) is 11.1 Å². The van der Waals surface area contributed by atoms with Crippen molar-refractivity contribution < 1.29 is 22.7 Å². The third-order valence-corrected chi connectivity index (χ3v) is 6.45. The van der Waals surface area contributed by atoms with Crippen molar-refractivity contribution in [2.75, 3.05) is 6.54 Å². The molecule has 5 rings (SSSR count). The van der Waals surface area contributed by atoms with E-state index in [0.29, 0.717) is 17.8 Å². The largest absolute Gasteiger partial charge is 0.487 e. The molecule has 0 saturated carbocycles. The third-order valence-electron chi connectivity index (χ3n) is 6.45. The molecule has 8 nitrogen and oxygen atoms in total. The summed E-state index contributed by atoms with van der Waals surface area (Å²) in [7, 11) is 1.43. The van der Waals surface area contributed by atoms with Crippen molar-refractivity contribution in [1.82, 2.24) is 29.2 Å². The quantitative estimate of drug-likeness (QED) is 0.375. The first kappa shape index (κ1) is 25.5. The molecule has 0 spiro atoms. The number of halogens is 3. The van der Waals surface area contributed by atoms with Gasteiger partial charge in [0.1, 0.15) is 17.7 Å². The number of fused-ring (bicyclic) bond motifs is 1. The Hall–Kier alpha value is -4.15. The van der Waals surface area contributed by atoms with Crippen LogP contribution in [0.5, 0.6) is 5.75 Å². The van der Waals surface area contributed by atoms with Gasteiger partial charge in [-0.15, -0.1) is 0 Å². The van der Waals surface area contributed by atoms with Gasteiger partial charge in [0.2, 0.25) is 0 Å². The number of alkyl halides is 3. The fourth-order valence-electron chi connectivity index (χ4n) is 4.75. The lowest BCUT2D eigenvalue weighted by molar-refractivity contribution is -0.140. The molecule has 0 fully saturated rings. The molecule has 198 valence electrons. The Bertz CT molecular complexity index is 1510. The van der Waals surface area contributed by atoms with Crippen LogP contribution >= 0.6 is 0 Å². The van der Waals surface area contributed by atoms with Crippen LogP contribution in [0.2, 0.25) is 0 Å². The van der Waals surface area contributed by atoms with Gasteiger partial charge in [-0.1, -0.05) is 0 Å². The second-order valence-electron chi connectivity index (χ2n) is 9.62. The zero-order valence-electron chi connectivity index (χ0n) is 21.5. The summed E-state index contributed by atoms with van der Waals surface area (Å²) >= 11 is 0. The molecule has 0 bridgehead atoms. The average Bonchev–Trinajstić information content (AvgIpc) is 3.41. The van der Waals surface area contributed by atoms with Gasteiger partial charge in [-0.2, -0.15) is 18.3 Å². The fourth-order valence-corrected chi connectivity index (χ4v) is 4.75. The number of hydrogen-bond donors (Lipinski definition) is 0. The molecule has 1 aromatic carbocycles. The van der Waals surface area contributed by atoms with Crippen molar-refractivity contribution >= 4 is 5.91 Å². The van der Waals surface area contributed by atoms with E-state index in [4.69, 9.17) is 4.74 Å². The highest BCUT2D eigenvalue weighted by atomic mass is 19.4. The predicted octanol–water partition coefficient (Wildman–Crippen LogP) is 4.79. The summed E-state index contributed by atoms with van der Waals surface area (Å²) in [6.45, 7) is 6.38. The van der Waals surface area contributed by atoms with Crippen LogP contribution in [-0.4, -0.2) is 47.8 Å². The Balaban J connectivity index is 1.67. The zero-order valence-corrected chi connectivity index (χ0v) is 21.5. The molecule has 0 aliphatic carbocycles. The number of aromatic nitrogens is 5. The van der Waals surface area contributed by atoms with Gasteiger partial charge in [0.25, 0.3) is 5.91 Å². The topological polar surface area (TPSA) is 78.1 Å². The Morgan fingerprint density at radius 2 is 1.82 bits per heavy atom. The highest BCUT2D eigenvalue weighted by Crippen LogP contribution is 2.43. The summed E-state index contributed by atoms with van der Waals surface area (Å²) in [5.74, 6) is 0.518. The van der Waals surface area contributed by atoms with Crippen molar-refractivity contribution in [1.29, 1.82) is 0 Å². The van der Waals surface area contributed by atoms with Crippen LogP contribution in [0.3, 0.4) is 0 Å². The van der Waals surface area contributed by atoms with Crippen molar-refractivity contribution in [2.45, 2.75) is 46.1 Å². The molecule has 1 aliphatic heterocycles. The minimum atomic E-state index is -4.69. The van der Waals surface area contributed by atoms with Crippen LogP contribution in [-0.2, 0) is 26.3 Å². The molecule has 3 aromatic heterocycles. The van der Waals surface area contributed by atoms with E-state index < -0.39 is 18.0 Å². The maximum atomic E-state index is 14.0. The Kier molecular flexibility index (Phi) is 6.46. The van der Waals surface area contributed by atoms with Gasteiger partial charge in [-0.05, 0) is 56.2 Å². The molecular weight excluding hydrogens is 497 g/mol. The molecule has 0 saturated heterocycles. The number of carbonyl (C=O) groups excluding carboxylic acids is 1. The van der Waals surface area contributed by atoms with Crippen molar-refractivity contribution in [3.05, 3.63) is 83.0 Å². The van der Waals surface area contributed by atoms with Crippen LogP contribution in [0, 0.1) is 13.8 Å². The van der Waals surface area contributed by atoms with Crippen LogP contribution < -0.4 is 4.74 Å². The van der Waals surface area contributed by atoms with E-state index in [-0.39, 0.29) is 41.4 Å². The molecule has 1 unspecified atom stereocenters. The molecule has 1 aliphatic rings. The Morgan fingerprint density at radius 3 is 2.50 bits per heavy atom. The lowest BCUT2D eigenvalue weighted by Gasteiger charge is -2.22. The normalized spacial score (nSPS) is 15.8. The van der Waals surface area contributed by atoms with E-state index in [0.717, 1.165) is 16.1 Å². The number of ether oxygens (including phenoxy) is 1. The average molecular weight is 525 g/mol. The SMILES string of the molecule is Cc1ccnc(CN2CC(C)Oc3c(cc(Cn4ccnc4C)cc3-c3cn(C)nc3C(F)(F)F)C2=O)c1. The van der Waals surface area contributed by atoms with Gasteiger partial charge in [0.15, 0.2) is 5.69 Å². The number of benzene rings is 1. The Labute approximate surface area is 217 Å². The van der Waals surface area contributed by atoms with Gasteiger partial charge in [-0.3, -0.25) is 14.5 Å². The number of carbonyl (C=O) groups is 1. The minimum Gasteiger partial charge on any atom is -0.487 e. The molecular formula is C27H27F3N6O2. The third kappa shape index (κ3) is 5.00. The fraction of sp³-hybridized carbons (Fsp3) is 0.333. The monoisotopic (exact) mass is 524 g/mol. The predicted molar refractivity (Wildman–Crippen MR) is 134 cm³/mol. The van der Waals surface area contributed by atoms with E-state index >= 15 is 0 Å². The van der Waals surface area contributed by atoms with E-state index in [1.165, 1.54) is 13.2 Å². The number of hydrogen-bond acceptors (Lipinski definition) is 5. The summed E-state index contributed by atoms with van der Waals surface area (Å²) < 4.78 is 51.2. The van der Waals surface area contributed by atoms with Crippen LogP contribution in [0.4, 0.5) is 13.2 Å². The number of pyridine rings is 1. The van der Waals surface area contributed by atoms with Gasteiger partial charge >= 0.3 is 6.18 Å². The van der Waals surface area contributed by atoms with Gasteiger partial charge in [0, 0.05) is 49.5 Å². The first-order valence-electron chi connectivity index (χ1n) is 12.1. The summed E-state index contributed by atoms with van der Waals surface area (Å²) in [6, 6.07) is 7.11. The number of rotatable bonds is 5. The van der Waals surface area contributed by atoms with Gasteiger partial charge < -0.3 is 14.2 Å². The van der Waals surface area contributed by atoms with E-state index in [1.54, 1.807) is 42.5 Å².